The van der Waals surface area contributed by atoms with E-state index in [9.17, 15) is 14.7 Å². The number of hydrogen-bond donors (Lipinski definition) is 2. The number of cyclic esters (lactones) is 1. The SMILES string of the molecule is N[C@@H](Cc1ccc(OCc2ccccc2)cc1)C(O)=C1C(=O)OC(CCc2ccccc2)C1=O. The Hall–Kier alpha value is -3.90. The van der Waals surface area contributed by atoms with E-state index in [1.165, 1.54) is 0 Å². The van der Waals surface area contributed by atoms with Crippen molar-refractivity contribution in [3.05, 3.63) is 113 Å². The van der Waals surface area contributed by atoms with Crippen molar-refractivity contribution >= 4 is 11.8 Å². The summed E-state index contributed by atoms with van der Waals surface area (Å²) in [6.07, 6.45) is 0.288. The summed E-state index contributed by atoms with van der Waals surface area (Å²) in [7, 11) is 0. The summed E-state index contributed by atoms with van der Waals surface area (Å²) >= 11 is 0. The van der Waals surface area contributed by atoms with Crippen molar-refractivity contribution in [1.29, 1.82) is 0 Å². The number of carbonyl (C=O) groups excluding carboxylic acids is 2. The lowest BCUT2D eigenvalue weighted by molar-refractivity contribution is -0.141. The Labute approximate surface area is 198 Å². The van der Waals surface area contributed by atoms with Gasteiger partial charge >= 0.3 is 5.97 Å². The molecule has 0 bridgehead atoms. The third-order valence-electron chi connectivity index (χ3n) is 5.76. The minimum atomic E-state index is -0.907. The predicted molar refractivity (Wildman–Crippen MR) is 128 cm³/mol. The van der Waals surface area contributed by atoms with Crippen molar-refractivity contribution < 1.29 is 24.2 Å². The summed E-state index contributed by atoms with van der Waals surface area (Å²) in [5.41, 5.74) is 8.75. The highest BCUT2D eigenvalue weighted by molar-refractivity contribution is 6.23. The lowest BCUT2D eigenvalue weighted by Crippen LogP contribution is -2.29. The van der Waals surface area contributed by atoms with Gasteiger partial charge in [-0.3, -0.25) is 4.79 Å². The smallest absolute Gasteiger partial charge is 0.346 e. The molecule has 0 amide bonds. The van der Waals surface area contributed by atoms with Crippen LogP contribution in [0.5, 0.6) is 5.75 Å². The van der Waals surface area contributed by atoms with Crippen molar-refractivity contribution in [3.8, 4) is 5.75 Å². The molecule has 6 heteroatoms. The Balaban J connectivity index is 1.35. The number of aryl methyl sites for hydroxylation is 1. The molecule has 0 radical (unpaired) electrons. The van der Waals surface area contributed by atoms with Crippen LogP contribution in [-0.2, 0) is 33.8 Å². The first-order chi connectivity index (χ1) is 16.5. The Morgan fingerprint density at radius 1 is 0.882 bits per heavy atom. The standard InChI is InChI=1S/C28H27NO5/c29-23(17-20-11-14-22(15-12-20)33-18-21-9-5-2-6-10-21)26(30)25-27(31)24(34-28(25)32)16-13-19-7-3-1-4-8-19/h1-12,14-15,23-24,30H,13,16-18,29H2/t23-,24?/m0/s1. The molecule has 3 aromatic rings. The van der Waals surface area contributed by atoms with Gasteiger partial charge in [-0.15, -0.1) is 0 Å². The van der Waals surface area contributed by atoms with E-state index < -0.39 is 29.7 Å². The summed E-state index contributed by atoms with van der Waals surface area (Å²) < 4.78 is 11.0. The second-order valence-electron chi connectivity index (χ2n) is 8.27. The minimum absolute atomic E-state index is 0.254. The number of aliphatic hydroxyl groups excluding tert-OH is 1. The minimum Gasteiger partial charge on any atom is -0.510 e. The third kappa shape index (κ3) is 5.71. The Kier molecular flexibility index (Phi) is 7.40. The number of nitrogens with two attached hydrogens (primary N) is 1. The van der Waals surface area contributed by atoms with Crippen LogP contribution in [0.15, 0.2) is 96.3 Å². The van der Waals surface area contributed by atoms with E-state index in [1.54, 1.807) is 0 Å². The van der Waals surface area contributed by atoms with Crippen LogP contribution in [-0.4, -0.2) is 29.0 Å². The average molecular weight is 458 g/mol. The van der Waals surface area contributed by atoms with Crippen LogP contribution in [0.4, 0.5) is 0 Å². The number of Topliss-reactive ketones (excluding diaryl/α,β-unsaturated/α-hetero) is 1. The Morgan fingerprint density at radius 3 is 2.15 bits per heavy atom. The van der Waals surface area contributed by atoms with E-state index in [2.05, 4.69) is 0 Å². The van der Waals surface area contributed by atoms with Crippen LogP contribution in [0.3, 0.4) is 0 Å². The number of hydrogen-bond acceptors (Lipinski definition) is 6. The van der Waals surface area contributed by atoms with Crippen LogP contribution in [0.1, 0.15) is 23.1 Å². The van der Waals surface area contributed by atoms with E-state index in [4.69, 9.17) is 15.2 Å². The molecule has 1 fully saturated rings. The van der Waals surface area contributed by atoms with Crippen molar-refractivity contribution in [2.75, 3.05) is 0 Å². The largest absolute Gasteiger partial charge is 0.510 e. The monoisotopic (exact) mass is 457 g/mol. The zero-order valence-corrected chi connectivity index (χ0v) is 18.7. The number of esters is 1. The van der Waals surface area contributed by atoms with Crippen LogP contribution < -0.4 is 10.5 Å². The number of aliphatic hydroxyl groups is 1. The van der Waals surface area contributed by atoms with Crippen LogP contribution in [0.25, 0.3) is 0 Å². The highest BCUT2D eigenvalue weighted by Crippen LogP contribution is 2.25. The summed E-state index contributed by atoms with van der Waals surface area (Å²) in [4.78, 5) is 25.0. The molecule has 2 atom stereocenters. The quantitative estimate of drug-likeness (QED) is 0.217. The number of ketones is 1. The average Bonchev–Trinajstić information content (AvgIpc) is 3.15. The molecule has 1 aliphatic rings. The van der Waals surface area contributed by atoms with Crippen molar-refractivity contribution in [2.45, 2.75) is 38.0 Å². The number of carbonyl (C=O) groups is 2. The summed E-state index contributed by atoms with van der Waals surface area (Å²) in [5.74, 6) is -1.06. The van der Waals surface area contributed by atoms with Gasteiger partial charge in [0.25, 0.3) is 0 Å². The van der Waals surface area contributed by atoms with Crippen LogP contribution >= 0.6 is 0 Å². The van der Waals surface area contributed by atoms with Gasteiger partial charge in [0.05, 0.1) is 6.04 Å². The maximum absolute atomic E-state index is 12.7. The molecule has 0 spiro atoms. The Morgan fingerprint density at radius 2 is 1.50 bits per heavy atom. The maximum Gasteiger partial charge on any atom is 0.346 e. The van der Waals surface area contributed by atoms with Gasteiger partial charge in [0.2, 0.25) is 5.78 Å². The maximum atomic E-state index is 12.7. The molecule has 1 heterocycles. The van der Waals surface area contributed by atoms with E-state index in [1.807, 2.05) is 84.9 Å². The molecule has 4 rings (SSSR count). The molecular formula is C28H27NO5. The highest BCUT2D eigenvalue weighted by atomic mass is 16.6. The summed E-state index contributed by atoms with van der Waals surface area (Å²) in [5, 5.41) is 10.6. The zero-order chi connectivity index (χ0) is 23.9. The second-order valence-corrected chi connectivity index (χ2v) is 8.27. The van der Waals surface area contributed by atoms with E-state index in [-0.39, 0.29) is 12.0 Å². The topological polar surface area (TPSA) is 98.9 Å². The molecule has 1 saturated heterocycles. The van der Waals surface area contributed by atoms with Crippen LogP contribution in [0, 0.1) is 0 Å². The lowest BCUT2D eigenvalue weighted by atomic mass is 9.98. The normalized spacial score (nSPS) is 17.9. The van der Waals surface area contributed by atoms with Crippen molar-refractivity contribution in [2.24, 2.45) is 5.73 Å². The van der Waals surface area contributed by atoms with Gasteiger partial charge in [-0.25, -0.2) is 4.79 Å². The second kappa shape index (κ2) is 10.8. The zero-order valence-electron chi connectivity index (χ0n) is 18.7. The van der Waals surface area contributed by atoms with Crippen molar-refractivity contribution in [1.82, 2.24) is 0 Å². The molecule has 0 saturated carbocycles. The fourth-order valence-corrected chi connectivity index (χ4v) is 3.87. The molecule has 1 unspecified atom stereocenters. The number of rotatable bonds is 9. The molecule has 0 aromatic heterocycles. The van der Waals surface area contributed by atoms with Gasteiger partial charge in [-0.1, -0.05) is 72.8 Å². The molecule has 0 aliphatic carbocycles. The van der Waals surface area contributed by atoms with Gasteiger partial charge in [0.1, 0.15) is 23.7 Å². The van der Waals surface area contributed by atoms with Gasteiger partial charge in [-0.2, -0.15) is 0 Å². The molecule has 1 aliphatic heterocycles. The van der Waals surface area contributed by atoms with Gasteiger partial charge in [0.15, 0.2) is 6.10 Å². The Bertz CT molecular complexity index is 1160. The fourth-order valence-electron chi connectivity index (χ4n) is 3.87. The first-order valence-electron chi connectivity index (χ1n) is 11.2. The summed E-state index contributed by atoms with van der Waals surface area (Å²) in [6, 6.07) is 25.9. The number of benzene rings is 3. The van der Waals surface area contributed by atoms with Crippen molar-refractivity contribution in [3.63, 3.8) is 0 Å². The first kappa shape index (κ1) is 23.3. The van der Waals surface area contributed by atoms with Gasteiger partial charge < -0.3 is 20.3 Å². The van der Waals surface area contributed by atoms with Gasteiger partial charge in [0, 0.05) is 0 Å². The van der Waals surface area contributed by atoms with E-state index in [0.29, 0.717) is 25.2 Å². The lowest BCUT2D eigenvalue weighted by Gasteiger charge is -2.13. The fraction of sp³-hybridized carbons (Fsp3) is 0.214. The molecule has 3 aromatic carbocycles. The van der Waals surface area contributed by atoms with E-state index in [0.717, 1.165) is 16.7 Å². The van der Waals surface area contributed by atoms with Crippen LogP contribution in [0.2, 0.25) is 0 Å². The highest BCUT2D eigenvalue weighted by Gasteiger charge is 2.41. The molecule has 6 nitrogen and oxygen atoms in total. The van der Waals surface area contributed by atoms with E-state index >= 15 is 0 Å². The summed E-state index contributed by atoms with van der Waals surface area (Å²) in [6.45, 7) is 0.461. The third-order valence-corrected chi connectivity index (χ3v) is 5.76. The first-order valence-corrected chi connectivity index (χ1v) is 11.2. The number of ether oxygens (including phenoxy) is 2. The molecule has 3 N–H and O–H groups in total. The molecule has 174 valence electrons. The van der Waals surface area contributed by atoms with Gasteiger partial charge in [-0.05, 0) is 48.1 Å². The molecular weight excluding hydrogens is 430 g/mol. The molecule has 34 heavy (non-hydrogen) atoms. The predicted octanol–water partition coefficient (Wildman–Crippen LogP) is 4.07.